The van der Waals surface area contributed by atoms with Crippen molar-refractivity contribution in [3.8, 4) is 0 Å². The van der Waals surface area contributed by atoms with Gasteiger partial charge in [-0.1, -0.05) is 36.4 Å². The summed E-state index contributed by atoms with van der Waals surface area (Å²) in [5.74, 6) is 0. The van der Waals surface area contributed by atoms with Crippen LogP contribution in [0.1, 0.15) is 22.3 Å². The molecule has 5 aromatic rings. The van der Waals surface area contributed by atoms with Crippen molar-refractivity contribution in [1.82, 2.24) is 0 Å². The number of halogens is 3. The maximum atomic E-state index is 12.3. The number of rotatable bonds is 11. The van der Waals surface area contributed by atoms with Gasteiger partial charge in [-0.2, -0.15) is 14.0 Å². The predicted molar refractivity (Wildman–Crippen MR) is 160 cm³/mol. The molecule has 0 fully saturated rings. The second kappa shape index (κ2) is 14.1. The van der Waals surface area contributed by atoms with Crippen molar-refractivity contribution in [3.05, 3.63) is 157 Å². The molecule has 0 bridgehead atoms. The first-order valence-corrected chi connectivity index (χ1v) is 20.5. The van der Waals surface area contributed by atoms with Crippen LogP contribution in [0, 0.1) is 41.5 Å². The minimum Gasteiger partial charge on any atom is -0.0619 e. The van der Waals surface area contributed by atoms with Crippen molar-refractivity contribution in [2.75, 3.05) is 0 Å². The summed E-state index contributed by atoms with van der Waals surface area (Å²) in [5, 5.41) is 0. The Morgan fingerprint density at radius 3 is 1.44 bits per heavy atom. The van der Waals surface area contributed by atoms with E-state index in [1.165, 1.54) is 0 Å². The zero-order valence-corrected chi connectivity index (χ0v) is 28.6. The molecule has 0 unspecified atom stereocenters. The van der Waals surface area contributed by atoms with Crippen LogP contribution < -0.4 is 28.0 Å². The third kappa shape index (κ3) is 8.24. The molecule has 5 rings (SSSR count). The molecule has 0 heterocycles. The molecule has 12 heteroatoms. The van der Waals surface area contributed by atoms with E-state index in [2.05, 4.69) is 0 Å². The smallest absolute Gasteiger partial charge is 0.0619 e. The Kier molecular flexibility index (Phi) is 10.6. The summed E-state index contributed by atoms with van der Waals surface area (Å²) in [6.07, 6.45) is 0.509. The van der Waals surface area contributed by atoms with Crippen LogP contribution in [-0.4, -0.2) is 0 Å². The summed E-state index contributed by atoms with van der Waals surface area (Å²) in [4.78, 5) is 1.76. The third-order valence-electron chi connectivity index (χ3n) is 6.81. The van der Waals surface area contributed by atoms with Crippen LogP contribution in [0.4, 0.5) is 0 Å². The molecule has 45 heavy (non-hydrogen) atoms. The van der Waals surface area contributed by atoms with Crippen molar-refractivity contribution < 1.29 is 54.8 Å². The number of aryl methyl sites for hydroxylation is 2. The van der Waals surface area contributed by atoms with Crippen LogP contribution in [0.3, 0.4) is 0 Å². The van der Waals surface area contributed by atoms with E-state index in [0.717, 1.165) is 22.3 Å². The van der Waals surface area contributed by atoms with Gasteiger partial charge in [0, 0.05) is 0 Å². The van der Waals surface area contributed by atoms with E-state index in [9.17, 15) is 28.0 Å². The molecule has 8 nitrogen and oxygen atoms in total. The fourth-order valence-corrected chi connectivity index (χ4v) is 15.0. The van der Waals surface area contributed by atoms with Gasteiger partial charge >= 0.3 is 213 Å². The van der Waals surface area contributed by atoms with Crippen molar-refractivity contribution in [2.45, 2.75) is 35.0 Å². The number of hydrogen-bond donors (Lipinski definition) is 0. The minimum absolute atomic E-state index is 0.509. The molecular formula is C33H29Cl2IO8S. The maximum absolute atomic E-state index is 12.3. The minimum atomic E-state index is -4.81. The number of hydrogen-bond acceptors (Lipinski definition) is 8. The zero-order chi connectivity index (χ0) is 32.2. The molecule has 0 saturated carbocycles. The Balaban J connectivity index is 1.49. The van der Waals surface area contributed by atoms with Crippen molar-refractivity contribution in [3.63, 3.8) is 0 Å². The van der Waals surface area contributed by atoms with Gasteiger partial charge in [0.2, 0.25) is 0 Å². The third-order valence-corrected chi connectivity index (χ3v) is 17.5. The summed E-state index contributed by atoms with van der Waals surface area (Å²) in [7, 11) is -12.4. The van der Waals surface area contributed by atoms with E-state index in [-0.39, 0.29) is 0 Å². The molecule has 0 aliphatic rings. The van der Waals surface area contributed by atoms with Gasteiger partial charge in [0.25, 0.3) is 0 Å². The first-order valence-electron chi connectivity index (χ1n) is 13.5. The van der Waals surface area contributed by atoms with E-state index >= 15 is 0 Å². The average Bonchev–Trinajstić information content (AvgIpc) is 3.00. The van der Waals surface area contributed by atoms with Crippen LogP contribution in [0.5, 0.6) is 0 Å². The van der Waals surface area contributed by atoms with Crippen LogP contribution in [-0.2, 0) is 12.8 Å². The van der Waals surface area contributed by atoms with Gasteiger partial charge in [0.1, 0.15) is 0 Å². The first-order chi connectivity index (χ1) is 21.4. The van der Waals surface area contributed by atoms with Crippen LogP contribution in [0.25, 0.3) is 0 Å². The molecule has 0 aliphatic carbocycles. The first kappa shape index (κ1) is 33.8. The Bertz CT molecular complexity index is 1680. The monoisotopic (exact) mass is 782 g/mol. The summed E-state index contributed by atoms with van der Waals surface area (Å²) in [6.45, 7) is 3.71. The van der Waals surface area contributed by atoms with Crippen LogP contribution in [0.2, 0.25) is 0 Å². The van der Waals surface area contributed by atoms with E-state index in [4.69, 9.17) is 6.35 Å². The standard InChI is InChI=1S/C33H29Cl2IO8S/c1-25-10-6-8-14-32(25)45(44-35(40,41)42,33-15-9-7-11-26(33)2)31-22-18-28(19-23-31)24-27-16-20-30(21-17-27)36(43-34(37,38)39)29-12-4-3-5-13-29/h3-23H,24H2,1-2H3. The fraction of sp³-hybridized carbons (Fsp3) is 0.0909. The van der Waals surface area contributed by atoms with Gasteiger partial charge in [-0.3, -0.25) is 0 Å². The zero-order valence-electron chi connectivity index (χ0n) is 24.1. The molecule has 0 N–H and O–H groups in total. The van der Waals surface area contributed by atoms with Crippen molar-refractivity contribution in [1.29, 1.82) is 0 Å². The molecule has 0 spiro atoms. The summed E-state index contributed by atoms with van der Waals surface area (Å²) >= 11 is -3.01. The molecule has 5 aromatic carbocycles. The quantitative estimate of drug-likeness (QED) is 0.185. The molecule has 0 aromatic heterocycles. The fourth-order valence-electron chi connectivity index (χ4n) is 4.90. The van der Waals surface area contributed by atoms with Gasteiger partial charge in [-0.15, -0.1) is 0 Å². The molecule has 0 saturated heterocycles. The second-order valence-electron chi connectivity index (χ2n) is 9.96. The Labute approximate surface area is 275 Å². The Hall–Kier alpha value is -2.56. The normalized spacial score (nSPS) is 13.0. The van der Waals surface area contributed by atoms with Gasteiger partial charge in [-0.05, 0) is 13.8 Å². The topological polar surface area (TPSA) is 157 Å². The van der Waals surface area contributed by atoms with E-state index in [1.807, 2.05) is 62.4 Å². The van der Waals surface area contributed by atoms with E-state index in [0.29, 0.717) is 28.2 Å². The average molecular weight is 783 g/mol. The number of benzene rings is 5. The molecule has 236 valence electrons. The van der Waals surface area contributed by atoms with Crippen molar-refractivity contribution in [2.24, 2.45) is 0 Å². The summed E-state index contributed by atoms with van der Waals surface area (Å²) < 4.78 is 83.2. The molecule has 0 aliphatic heterocycles. The molecule has 0 atom stereocenters. The van der Waals surface area contributed by atoms with Crippen molar-refractivity contribution >= 4 is 30.5 Å². The molecule has 0 radical (unpaired) electrons. The SMILES string of the molecule is Cc1ccccc1S(O[Cl+3]([O-])([O-])[O-])(c1ccc(Cc2ccc(I(O[Cl+3]([O-])([O-])[O-])c3ccccc3)cc2)cc1)c1ccccc1C. The van der Waals surface area contributed by atoms with Crippen LogP contribution in [0.15, 0.2) is 142 Å². The van der Waals surface area contributed by atoms with E-state index < -0.39 is 51.0 Å². The van der Waals surface area contributed by atoms with Gasteiger partial charge in [0.15, 0.2) is 0 Å². The van der Waals surface area contributed by atoms with Crippen LogP contribution >= 0.6 is 30.5 Å². The van der Waals surface area contributed by atoms with Gasteiger partial charge < -0.3 is 0 Å². The van der Waals surface area contributed by atoms with Gasteiger partial charge in [-0.25, -0.2) is 0 Å². The molecule has 0 amide bonds. The summed E-state index contributed by atoms with van der Waals surface area (Å²) in [6, 6.07) is 38.0. The van der Waals surface area contributed by atoms with E-state index in [1.54, 1.807) is 78.9 Å². The Morgan fingerprint density at radius 2 is 0.978 bits per heavy atom. The van der Waals surface area contributed by atoms with Gasteiger partial charge in [0.05, 0.1) is 0 Å². The Morgan fingerprint density at radius 1 is 0.533 bits per heavy atom. The molecular weight excluding hydrogens is 754 g/mol. The predicted octanol–water partition coefficient (Wildman–Crippen LogP) is 2.38. The summed E-state index contributed by atoms with van der Waals surface area (Å²) in [5.41, 5.74) is 3.40. The second-order valence-corrected chi connectivity index (χ2v) is 19.5.